The van der Waals surface area contributed by atoms with E-state index < -0.39 is 125 Å². The maximum atomic E-state index is 15.4. The monoisotopic (exact) mass is 1210 g/mol. The van der Waals surface area contributed by atoms with Crippen LogP contribution in [-0.2, 0) is 60.9 Å². The molecular formula is C59H77F5N10O12. The van der Waals surface area contributed by atoms with Crippen LogP contribution in [0.25, 0.3) is 11.1 Å². The van der Waals surface area contributed by atoms with Crippen LogP contribution in [0.3, 0.4) is 0 Å². The van der Waals surface area contributed by atoms with Gasteiger partial charge in [-0.1, -0.05) is 58.0 Å². The summed E-state index contributed by atoms with van der Waals surface area (Å²) in [5.74, 6) is -11.3. The Hall–Kier alpha value is -8.46. The molecule has 0 unspecified atom stereocenters. The number of aromatic nitrogens is 2. The number of primary amides is 1. The van der Waals surface area contributed by atoms with Crippen molar-refractivity contribution in [1.82, 2.24) is 41.0 Å². The maximum absolute atomic E-state index is 15.4. The molecule has 2 aromatic heterocycles. The minimum Gasteiger partial charge on any atom is -0.475 e. The van der Waals surface area contributed by atoms with Gasteiger partial charge in [0.15, 0.2) is 11.6 Å². The van der Waals surface area contributed by atoms with E-state index >= 15 is 4.39 Å². The number of rotatable bonds is 32. The van der Waals surface area contributed by atoms with Crippen molar-refractivity contribution in [3.05, 3.63) is 114 Å². The number of hydrogen-bond acceptors (Lipinski definition) is 13. The van der Waals surface area contributed by atoms with E-state index in [-0.39, 0.29) is 68.6 Å². The third-order valence-electron chi connectivity index (χ3n) is 13.3. The molecule has 4 aromatic rings. The molecule has 0 fully saturated rings. The van der Waals surface area contributed by atoms with Gasteiger partial charge in [-0.15, -0.1) is 0 Å². The normalized spacial score (nSPS) is 13.4. The number of ketones is 2. The van der Waals surface area contributed by atoms with E-state index in [0.29, 0.717) is 37.1 Å². The Labute approximate surface area is 494 Å². The van der Waals surface area contributed by atoms with E-state index in [1.807, 2.05) is 51.1 Å². The second kappa shape index (κ2) is 34.5. The summed E-state index contributed by atoms with van der Waals surface area (Å²) < 4.78 is 63.6. The summed E-state index contributed by atoms with van der Waals surface area (Å²) in [6.07, 6.45) is -0.257. The second-order valence-corrected chi connectivity index (χ2v) is 21.6. The van der Waals surface area contributed by atoms with E-state index in [4.69, 9.17) is 21.4 Å². The minimum absolute atomic E-state index is 0.0217. The number of aliphatic hydroxyl groups is 1. The zero-order chi connectivity index (χ0) is 64.5. The van der Waals surface area contributed by atoms with Gasteiger partial charge in [-0.05, 0) is 98.5 Å². The van der Waals surface area contributed by atoms with Crippen LogP contribution in [0, 0.1) is 23.0 Å². The molecule has 0 aliphatic rings. The number of aliphatic carboxylic acids is 1. The number of benzene rings is 2. The molecule has 2 heterocycles. The molecule has 4 rings (SSSR count). The van der Waals surface area contributed by atoms with E-state index in [2.05, 4.69) is 31.6 Å². The van der Waals surface area contributed by atoms with E-state index in [9.17, 15) is 65.8 Å². The van der Waals surface area contributed by atoms with Crippen LogP contribution >= 0.6 is 0 Å². The van der Waals surface area contributed by atoms with Crippen molar-refractivity contribution < 1.29 is 80.1 Å². The fourth-order valence-corrected chi connectivity index (χ4v) is 9.09. The van der Waals surface area contributed by atoms with Crippen LogP contribution < -0.4 is 38.1 Å². The molecule has 0 aliphatic carbocycles. The molecule has 7 amide bonds. The summed E-state index contributed by atoms with van der Waals surface area (Å²) in [6, 6.07) is 11.3. The second-order valence-electron chi connectivity index (χ2n) is 21.6. The first-order valence-corrected chi connectivity index (χ1v) is 27.6. The zero-order valence-corrected chi connectivity index (χ0v) is 48.8. The van der Waals surface area contributed by atoms with Crippen LogP contribution in [0.5, 0.6) is 0 Å². The Morgan fingerprint density at radius 3 is 1.97 bits per heavy atom. The standard InChI is InChI=1S/C57H76F2N10O10.C2HF3O2/c1-35(27-49(73)36(2)64-51(75)28-38-19-24-62-25-20-38)54(77)67-46(31-50(61)74)56(79)66-45(55(78)63-23-12-16-48(72)44(65-37(3)71)15-10-11-22-60)21-26-69(52(76)34-70)53(57(4,5)6)47-29-40(42-30-41(58)17-18-43(42)59)33-68(47)32-39-13-8-7-9-14-39;3-2(4,5)1(6)7/h7-9,13-14,17-20,24-25,29-30,33,35-36,44-46,53,70H,10-12,15-16,21-23,26-28,31-32,34,60H2,1-6H3,(H2,61,74)(H,63,78)(H,64,75)(H,65,71)(H,66,79)(H,67,77);(H,6,7)/t35-,36+,44+,45+,46+,53+;/m1./s1. The number of hydrogen-bond donors (Lipinski definition) is 9. The van der Waals surface area contributed by atoms with Crippen molar-refractivity contribution >= 4 is 58.9 Å². The quantitative estimate of drug-likeness (QED) is 0.0246. The first-order chi connectivity index (χ1) is 40.4. The number of nitrogens with two attached hydrogens (primary N) is 2. The Balaban J connectivity index is 0.00000259. The molecule has 0 spiro atoms. The Bertz CT molecular complexity index is 2960. The topological polar surface area (TPSA) is 344 Å². The third kappa shape index (κ3) is 24.3. The number of Topliss-reactive ketones (excluding diaryl/α,β-unsaturated/α-hetero) is 2. The average Bonchev–Trinajstić information content (AvgIpc) is 1.97. The molecule has 0 radical (unpaired) electrons. The summed E-state index contributed by atoms with van der Waals surface area (Å²) in [6.45, 7) is 8.83. The van der Waals surface area contributed by atoms with Gasteiger partial charge < -0.3 is 57.7 Å². The molecule has 22 nitrogen and oxygen atoms in total. The number of nitrogens with zero attached hydrogens (tertiary/aromatic N) is 3. The number of amides is 7. The number of carboxylic acid groups (broad SMARTS) is 1. The number of carbonyl (C=O) groups is 10. The highest BCUT2D eigenvalue weighted by Crippen LogP contribution is 2.41. The van der Waals surface area contributed by atoms with Gasteiger partial charge >= 0.3 is 12.1 Å². The zero-order valence-electron chi connectivity index (χ0n) is 48.8. The van der Waals surface area contributed by atoms with E-state index in [1.54, 1.807) is 29.0 Å². The van der Waals surface area contributed by atoms with Gasteiger partial charge in [0.2, 0.25) is 41.4 Å². The average molecular weight is 1210 g/mol. The van der Waals surface area contributed by atoms with Crippen molar-refractivity contribution in [3.63, 3.8) is 0 Å². The lowest BCUT2D eigenvalue weighted by Crippen LogP contribution is -2.56. The molecule has 27 heteroatoms. The first-order valence-electron chi connectivity index (χ1n) is 27.6. The first kappa shape index (κ1) is 71.8. The van der Waals surface area contributed by atoms with Gasteiger partial charge in [0.25, 0.3) is 0 Å². The van der Waals surface area contributed by atoms with Crippen LogP contribution in [0.1, 0.15) is 116 Å². The highest BCUT2D eigenvalue weighted by atomic mass is 19.4. The minimum atomic E-state index is -5.08. The molecule has 0 aliphatic heterocycles. The molecule has 11 N–H and O–H groups in total. The number of alkyl halides is 3. The number of aliphatic hydroxyl groups excluding tert-OH is 1. The van der Waals surface area contributed by atoms with Crippen molar-refractivity contribution in [2.45, 2.75) is 142 Å². The lowest BCUT2D eigenvalue weighted by molar-refractivity contribution is -0.192. The van der Waals surface area contributed by atoms with Crippen LogP contribution in [0.2, 0.25) is 0 Å². The smallest absolute Gasteiger partial charge is 0.475 e. The van der Waals surface area contributed by atoms with Gasteiger partial charge in [0, 0.05) is 80.7 Å². The molecular weight excluding hydrogens is 1140 g/mol. The SMILES string of the molecule is CC(=O)N[C@@H](CCCCN)C(=O)CCCNC(=O)[C@H](CCN(C(=O)CO)[C@@H](c1cc(-c2cc(F)ccc2F)cn1Cc1ccccc1)C(C)(C)C)NC(=O)[C@H](CC(N)=O)NC(=O)[C@H](C)CC(=O)[C@H](C)NC(=O)Cc1ccncc1.O=C(O)C(F)(F)F. The van der Waals surface area contributed by atoms with Crippen molar-refractivity contribution in [2.75, 3.05) is 26.2 Å². The number of unbranched alkanes of at least 4 members (excludes halogenated alkanes) is 1. The Kier molecular flexibility index (Phi) is 28.8. The Morgan fingerprint density at radius 2 is 1.38 bits per heavy atom. The van der Waals surface area contributed by atoms with Crippen molar-refractivity contribution in [1.29, 1.82) is 0 Å². The lowest BCUT2D eigenvalue weighted by atomic mass is 9.82. The van der Waals surface area contributed by atoms with Gasteiger partial charge in [-0.2, -0.15) is 13.2 Å². The summed E-state index contributed by atoms with van der Waals surface area (Å²) in [5.41, 5.74) is 12.5. The molecule has 86 heavy (non-hydrogen) atoms. The summed E-state index contributed by atoms with van der Waals surface area (Å²) in [5, 5.41) is 30.7. The largest absolute Gasteiger partial charge is 0.490 e. The molecule has 470 valence electrons. The van der Waals surface area contributed by atoms with Crippen molar-refractivity contribution in [2.24, 2.45) is 22.8 Å². The van der Waals surface area contributed by atoms with Gasteiger partial charge in [-0.3, -0.25) is 48.1 Å². The van der Waals surface area contributed by atoms with Crippen LogP contribution in [0.15, 0.2) is 85.3 Å². The highest BCUT2D eigenvalue weighted by Gasteiger charge is 2.40. The van der Waals surface area contributed by atoms with Crippen LogP contribution in [0.4, 0.5) is 22.0 Å². The van der Waals surface area contributed by atoms with Crippen LogP contribution in [-0.4, -0.2) is 140 Å². The number of carboxylic acids is 1. The van der Waals surface area contributed by atoms with E-state index in [0.717, 1.165) is 23.8 Å². The lowest BCUT2D eigenvalue weighted by Gasteiger charge is -2.41. The summed E-state index contributed by atoms with van der Waals surface area (Å²) in [4.78, 5) is 134. The number of pyridine rings is 1. The number of nitrogens with one attached hydrogen (secondary N) is 5. The number of carbonyl (C=O) groups excluding carboxylic acids is 9. The van der Waals surface area contributed by atoms with Gasteiger partial charge in [0.05, 0.1) is 31.0 Å². The molecule has 0 bridgehead atoms. The molecule has 0 saturated carbocycles. The van der Waals surface area contributed by atoms with Gasteiger partial charge in [-0.25, -0.2) is 13.6 Å². The fraction of sp³-hybridized carbons (Fsp3) is 0.475. The summed E-state index contributed by atoms with van der Waals surface area (Å²) in [7, 11) is 0. The Morgan fingerprint density at radius 1 is 0.744 bits per heavy atom. The summed E-state index contributed by atoms with van der Waals surface area (Å²) >= 11 is 0. The molecule has 2 aromatic carbocycles. The predicted octanol–water partition coefficient (Wildman–Crippen LogP) is 4.10. The maximum Gasteiger partial charge on any atom is 0.490 e. The molecule has 0 saturated heterocycles. The molecule has 6 atom stereocenters. The van der Waals surface area contributed by atoms with Gasteiger partial charge in [0.1, 0.15) is 30.3 Å². The predicted molar refractivity (Wildman–Crippen MR) is 304 cm³/mol. The van der Waals surface area contributed by atoms with E-state index in [1.165, 1.54) is 38.1 Å². The third-order valence-corrected chi connectivity index (χ3v) is 13.3. The van der Waals surface area contributed by atoms with Crippen molar-refractivity contribution in [3.8, 4) is 11.1 Å². The number of halogens is 5. The fourth-order valence-electron chi connectivity index (χ4n) is 9.09. The highest BCUT2D eigenvalue weighted by molar-refractivity contribution is 5.97.